The SMILES string of the molecule is CCc1ccccc1-n1c(SCC(=O)Nc2cc(C(C)C)no2)nc2ccccc2c1=O. The van der Waals surface area contributed by atoms with E-state index in [0.29, 0.717) is 21.9 Å². The highest BCUT2D eigenvalue weighted by Gasteiger charge is 2.17. The Labute approximate surface area is 189 Å². The Hall–Kier alpha value is -3.39. The fraction of sp³-hybridized carbons (Fsp3) is 0.250. The molecule has 4 rings (SSSR count). The summed E-state index contributed by atoms with van der Waals surface area (Å²) in [5, 5.41) is 7.67. The highest BCUT2D eigenvalue weighted by atomic mass is 32.2. The maximum atomic E-state index is 13.4. The summed E-state index contributed by atoms with van der Waals surface area (Å²) in [5.74, 6) is 0.309. The lowest BCUT2D eigenvalue weighted by Crippen LogP contribution is -2.23. The number of rotatable bonds is 7. The van der Waals surface area contributed by atoms with Crippen LogP contribution in [0, 0.1) is 0 Å². The first kappa shape index (κ1) is 21.8. The molecule has 32 heavy (non-hydrogen) atoms. The van der Waals surface area contributed by atoms with Crippen LogP contribution in [0.2, 0.25) is 0 Å². The maximum Gasteiger partial charge on any atom is 0.266 e. The van der Waals surface area contributed by atoms with Gasteiger partial charge < -0.3 is 4.52 Å². The van der Waals surface area contributed by atoms with Gasteiger partial charge in [-0.3, -0.25) is 19.5 Å². The van der Waals surface area contributed by atoms with Crippen LogP contribution >= 0.6 is 11.8 Å². The van der Waals surface area contributed by atoms with Gasteiger partial charge in [0.25, 0.3) is 5.56 Å². The van der Waals surface area contributed by atoms with Crippen molar-refractivity contribution in [1.29, 1.82) is 0 Å². The number of benzene rings is 2. The number of carbonyl (C=O) groups excluding carboxylic acids is 1. The second-order valence-corrected chi connectivity index (χ2v) is 8.58. The zero-order chi connectivity index (χ0) is 22.7. The molecule has 2 heterocycles. The zero-order valence-corrected chi connectivity index (χ0v) is 19.0. The molecule has 164 valence electrons. The minimum absolute atomic E-state index is 0.0663. The Morgan fingerprint density at radius 3 is 2.66 bits per heavy atom. The van der Waals surface area contributed by atoms with E-state index in [2.05, 4.69) is 10.5 Å². The first-order valence-corrected chi connectivity index (χ1v) is 11.5. The molecule has 0 aliphatic carbocycles. The van der Waals surface area contributed by atoms with Crippen LogP contribution < -0.4 is 10.9 Å². The van der Waals surface area contributed by atoms with E-state index in [1.807, 2.05) is 57.2 Å². The number of nitrogens with one attached hydrogen (secondary N) is 1. The van der Waals surface area contributed by atoms with Crippen molar-refractivity contribution >= 4 is 34.5 Å². The molecule has 0 spiro atoms. The van der Waals surface area contributed by atoms with E-state index in [1.54, 1.807) is 22.8 Å². The van der Waals surface area contributed by atoms with Gasteiger partial charge in [0.1, 0.15) is 0 Å². The lowest BCUT2D eigenvalue weighted by atomic mass is 10.1. The van der Waals surface area contributed by atoms with E-state index in [9.17, 15) is 9.59 Å². The van der Waals surface area contributed by atoms with Crippen LogP contribution in [0.15, 0.2) is 69.1 Å². The summed E-state index contributed by atoms with van der Waals surface area (Å²) in [4.78, 5) is 30.7. The van der Waals surface area contributed by atoms with E-state index in [1.165, 1.54) is 11.8 Å². The van der Waals surface area contributed by atoms with E-state index in [0.717, 1.165) is 23.4 Å². The number of hydrogen-bond donors (Lipinski definition) is 1. The fourth-order valence-electron chi connectivity index (χ4n) is 3.37. The Morgan fingerprint density at radius 1 is 1.16 bits per heavy atom. The number of nitrogens with zero attached hydrogens (tertiary/aromatic N) is 3. The molecular weight excluding hydrogens is 424 g/mol. The summed E-state index contributed by atoms with van der Waals surface area (Å²) in [6.45, 7) is 6.04. The molecule has 0 saturated heterocycles. The summed E-state index contributed by atoms with van der Waals surface area (Å²) in [7, 11) is 0. The number of thioether (sulfide) groups is 1. The normalized spacial score (nSPS) is 11.2. The zero-order valence-electron chi connectivity index (χ0n) is 18.2. The van der Waals surface area contributed by atoms with Crippen LogP contribution in [0.5, 0.6) is 0 Å². The van der Waals surface area contributed by atoms with E-state index < -0.39 is 0 Å². The van der Waals surface area contributed by atoms with Crippen LogP contribution in [0.25, 0.3) is 16.6 Å². The van der Waals surface area contributed by atoms with Crippen molar-refractivity contribution in [3.8, 4) is 5.69 Å². The van der Waals surface area contributed by atoms with Crippen molar-refractivity contribution in [2.24, 2.45) is 0 Å². The van der Waals surface area contributed by atoms with Gasteiger partial charge in [0.15, 0.2) is 5.16 Å². The number of hydrogen-bond acceptors (Lipinski definition) is 6. The van der Waals surface area contributed by atoms with Gasteiger partial charge in [-0.2, -0.15) is 0 Å². The van der Waals surface area contributed by atoms with Gasteiger partial charge in [0.2, 0.25) is 11.8 Å². The van der Waals surface area contributed by atoms with Crippen molar-refractivity contribution in [1.82, 2.24) is 14.7 Å². The molecule has 0 aliphatic heterocycles. The van der Waals surface area contributed by atoms with Crippen molar-refractivity contribution < 1.29 is 9.32 Å². The largest absolute Gasteiger partial charge is 0.338 e. The van der Waals surface area contributed by atoms with Gasteiger partial charge in [-0.05, 0) is 36.1 Å². The highest BCUT2D eigenvalue weighted by Crippen LogP contribution is 2.24. The number of para-hydroxylation sites is 2. The van der Waals surface area contributed by atoms with E-state index in [4.69, 9.17) is 9.51 Å². The molecule has 1 amide bonds. The third-order valence-corrected chi connectivity index (χ3v) is 6.01. The van der Waals surface area contributed by atoms with Gasteiger partial charge in [0.05, 0.1) is 28.0 Å². The summed E-state index contributed by atoms with van der Waals surface area (Å²) in [6, 6.07) is 16.7. The number of fused-ring (bicyclic) bond motifs is 1. The van der Waals surface area contributed by atoms with Crippen LogP contribution in [0.3, 0.4) is 0 Å². The van der Waals surface area contributed by atoms with Crippen LogP contribution in [0.1, 0.15) is 37.9 Å². The monoisotopic (exact) mass is 448 g/mol. The minimum atomic E-state index is -0.265. The molecule has 0 unspecified atom stereocenters. The van der Waals surface area contributed by atoms with Crippen molar-refractivity contribution in [3.05, 3.63) is 76.2 Å². The van der Waals surface area contributed by atoms with E-state index >= 15 is 0 Å². The molecular formula is C24H24N4O3S. The summed E-state index contributed by atoms with van der Waals surface area (Å²) >= 11 is 1.21. The van der Waals surface area contributed by atoms with Crippen molar-refractivity contribution in [2.75, 3.05) is 11.1 Å². The topological polar surface area (TPSA) is 90.0 Å². The molecule has 0 aliphatic rings. The molecule has 2 aromatic heterocycles. The van der Waals surface area contributed by atoms with E-state index in [-0.39, 0.29) is 23.1 Å². The standard InChI is InChI=1S/C24H24N4O3S/c1-4-16-9-5-8-12-20(16)28-23(30)17-10-6-7-11-18(17)25-24(28)32-14-21(29)26-22-13-19(15(2)3)27-31-22/h5-13,15H,4,14H2,1-3H3,(H,26,29). The third-order valence-electron chi connectivity index (χ3n) is 5.07. The molecule has 0 fully saturated rings. The second-order valence-electron chi connectivity index (χ2n) is 7.64. The average Bonchev–Trinajstić information content (AvgIpc) is 3.27. The lowest BCUT2D eigenvalue weighted by Gasteiger charge is -2.15. The Balaban J connectivity index is 1.66. The van der Waals surface area contributed by atoms with Crippen LogP contribution in [-0.2, 0) is 11.2 Å². The van der Waals surface area contributed by atoms with Gasteiger partial charge in [0, 0.05) is 6.07 Å². The van der Waals surface area contributed by atoms with Gasteiger partial charge in [-0.1, -0.05) is 68.0 Å². The molecule has 0 radical (unpaired) electrons. The number of aromatic nitrogens is 3. The molecule has 4 aromatic rings. The maximum absolute atomic E-state index is 13.4. The molecule has 1 N–H and O–H groups in total. The predicted octanol–water partition coefficient (Wildman–Crippen LogP) is 4.79. The molecule has 7 nitrogen and oxygen atoms in total. The van der Waals surface area contributed by atoms with Crippen molar-refractivity contribution in [2.45, 2.75) is 38.3 Å². The highest BCUT2D eigenvalue weighted by molar-refractivity contribution is 7.99. The minimum Gasteiger partial charge on any atom is -0.338 e. The van der Waals surface area contributed by atoms with Crippen LogP contribution in [0.4, 0.5) is 5.88 Å². The van der Waals surface area contributed by atoms with Crippen molar-refractivity contribution in [3.63, 3.8) is 0 Å². The molecule has 0 saturated carbocycles. The predicted molar refractivity (Wildman–Crippen MR) is 127 cm³/mol. The first-order chi connectivity index (χ1) is 15.5. The molecule has 2 aromatic carbocycles. The Bertz CT molecular complexity index is 1330. The molecule has 0 atom stereocenters. The van der Waals surface area contributed by atoms with Gasteiger partial charge >= 0.3 is 0 Å². The summed E-state index contributed by atoms with van der Waals surface area (Å²) in [6.07, 6.45) is 0.768. The van der Waals surface area contributed by atoms with Gasteiger partial charge in [-0.15, -0.1) is 0 Å². The number of carbonyl (C=O) groups is 1. The smallest absolute Gasteiger partial charge is 0.266 e. The lowest BCUT2D eigenvalue weighted by molar-refractivity contribution is -0.113. The Morgan fingerprint density at radius 2 is 1.91 bits per heavy atom. The second kappa shape index (κ2) is 9.40. The number of anilines is 1. The molecule has 8 heteroatoms. The number of amides is 1. The quantitative estimate of drug-likeness (QED) is 0.323. The average molecular weight is 449 g/mol. The first-order valence-electron chi connectivity index (χ1n) is 10.5. The van der Waals surface area contributed by atoms with Gasteiger partial charge in [-0.25, -0.2) is 4.98 Å². The summed E-state index contributed by atoms with van der Waals surface area (Å²) in [5.41, 5.74) is 3.02. The third kappa shape index (κ3) is 4.45. The fourth-order valence-corrected chi connectivity index (χ4v) is 4.18. The summed E-state index contributed by atoms with van der Waals surface area (Å²) < 4.78 is 6.79. The number of aryl methyl sites for hydroxylation is 1. The van der Waals surface area contributed by atoms with Crippen LogP contribution in [-0.4, -0.2) is 26.4 Å². The molecule has 0 bridgehead atoms. The Kier molecular flexibility index (Phi) is 6.41.